The predicted octanol–water partition coefficient (Wildman–Crippen LogP) is -2.51. The Bertz CT molecular complexity index is 516. The quantitative estimate of drug-likeness (QED) is 0.351. The maximum atomic E-state index is 10.9. The molecule has 20 heavy (non-hydrogen) atoms. The number of hydrogen-bond acceptors (Lipinski definition) is 7. The third-order valence-corrected chi connectivity index (χ3v) is 2.52. The number of carboxylic acid groups (broad SMARTS) is 2. The van der Waals surface area contributed by atoms with Gasteiger partial charge in [0, 0.05) is 0 Å². The number of aliphatic hydroxyl groups excluding tert-OH is 2. The molecule has 0 spiro atoms. The fourth-order valence-electron chi connectivity index (χ4n) is 1.44. The molecule has 1 aliphatic heterocycles. The minimum Gasteiger partial charge on any atom is -0.479 e. The normalized spacial score (nSPS) is 16.3. The molecule has 10 heteroatoms. The Morgan fingerprint density at radius 2 is 1.70 bits per heavy atom. The van der Waals surface area contributed by atoms with E-state index in [0.717, 1.165) is 24.3 Å². The number of aliphatic carboxylic acids is 2. The first kappa shape index (κ1) is 15.9. The Hall–Kier alpha value is -2.17. The van der Waals surface area contributed by atoms with Crippen LogP contribution in [0.2, 0.25) is 0 Å². The van der Waals surface area contributed by atoms with Crippen LogP contribution >= 0.6 is 0 Å². The summed E-state index contributed by atoms with van der Waals surface area (Å²) in [5, 5.41) is 37.9. The number of H-pyrrole nitrogens is 1. The summed E-state index contributed by atoms with van der Waals surface area (Å²) in [6, 6.07) is 0. The average Bonchev–Trinajstić information content (AvgIpc) is 2.80. The van der Waals surface area contributed by atoms with Crippen LogP contribution in [0, 0.1) is 0 Å². The maximum Gasteiger partial charge on any atom is 0.335 e. The van der Waals surface area contributed by atoms with Gasteiger partial charge in [0.1, 0.15) is 0 Å². The van der Waals surface area contributed by atoms with Crippen LogP contribution in [-0.2, 0) is 22.6 Å². The Kier molecular flexibility index (Phi) is 5.43. The summed E-state index contributed by atoms with van der Waals surface area (Å²) in [4.78, 5) is 30.4. The summed E-state index contributed by atoms with van der Waals surface area (Å²) in [5.41, 5.74) is 0.732. The van der Waals surface area contributed by atoms with Gasteiger partial charge in [-0.3, -0.25) is 4.79 Å². The van der Waals surface area contributed by atoms with Gasteiger partial charge in [0.15, 0.2) is 18.0 Å². The minimum absolute atomic E-state index is 0.0727. The summed E-state index contributed by atoms with van der Waals surface area (Å²) in [5.74, 6) is -2.78. The topological polar surface area (TPSA) is 173 Å². The lowest BCUT2D eigenvalue weighted by molar-refractivity contribution is -0.165. The van der Waals surface area contributed by atoms with Gasteiger partial charge in [-0.2, -0.15) is 5.16 Å². The average molecular weight is 290 g/mol. The highest BCUT2D eigenvalue weighted by Gasteiger charge is 2.29. The van der Waals surface area contributed by atoms with Gasteiger partial charge in [-0.1, -0.05) is 0 Å². The third kappa shape index (κ3) is 3.91. The number of fused-ring (bicyclic) bond motifs is 1. The lowest BCUT2D eigenvalue weighted by atomic mass is 10.1. The summed E-state index contributed by atoms with van der Waals surface area (Å²) in [7, 11) is 0. The van der Waals surface area contributed by atoms with Crippen LogP contribution in [0.4, 0.5) is 0 Å². The monoisotopic (exact) mass is 290 g/mol. The van der Waals surface area contributed by atoms with Gasteiger partial charge in [0.25, 0.3) is 5.56 Å². The Balaban J connectivity index is 0.000000200. The highest BCUT2D eigenvalue weighted by atomic mass is 16.5. The molecule has 1 aromatic heterocycles. The highest BCUT2D eigenvalue weighted by Crippen LogP contribution is 2.06. The molecular weight excluding hydrogens is 276 g/mol. The van der Waals surface area contributed by atoms with Gasteiger partial charge in [-0.15, -0.1) is 0 Å². The maximum absolute atomic E-state index is 10.9. The van der Waals surface area contributed by atoms with Crippen LogP contribution in [0.25, 0.3) is 0 Å². The molecule has 0 fully saturated rings. The molecule has 0 saturated heterocycles. The third-order valence-electron chi connectivity index (χ3n) is 2.52. The van der Waals surface area contributed by atoms with Crippen LogP contribution in [0.1, 0.15) is 11.3 Å². The molecule has 1 aliphatic rings. The number of aromatic amines is 1. The van der Waals surface area contributed by atoms with Gasteiger partial charge >= 0.3 is 11.9 Å². The van der Waals surface area contributed by atoms with Crippen molar-refractivity contribution in [3.05, 3.63) is 21.7 Å². The van der Waals surface area contributed by atoms with Crippen LogP contribution < -0.4 is 10.9 Å². The standard InChI is InChI=1S/C6H8N2O2.C4H6O6/c9-6-4-1-2-7-3-5(4)10-8-6;5-1(3(7)8)2(6)4(9)10/h7H,1-3H2,(H,8,9);1-2,5-6H,(H,7,8)(H,9,10). The zero-order valence-corrected chi connectivity index (χ0v) is 10.2. The molecule has 0 aliphatic carbocycles. The number of aromatic nitrogens is 1. The van der Waals surface area contributed by atoms with Crippen molar-refractivity contribution in [2.24, 2.45) is 0 Å². The van der Waals surface area contributed by atoms with Crippen molar-refractivity contribution in [2.45, 2.75) is 25.2 Å². The van der Waals surface area contributed by atoms with Gasteiger partial charge < -0.3 is 30.3 Å². The van der Waals surface area contributed by atoms with Gasteiger partial charge in [-0.05, 0) is 13.0 Å². The zero-order chi connectivity index (χ0) is 15.3. The Morgan fingerprint density at radius 1 is 1.15 bits per heavy atom. The molecule has 6 N–H and O–H groups in total. The molecule has 2 atom stereocenters. The number of aliphatic hydroxyl groups is 2. The van der Waals surface area contributed by atoms with Crippen molar-refractivity contribution in [2.75, 3.05) is 6.54 Å². The van der Waals surface area contributed by atoms with Crippen LogP contribution in [-0.4, -0.2) is 56.3 Å². The second kappa shape index (κ2) is 6.84. The van der Waals surface area contributed by atoms with E-state index >= 15 is 0 Å². The second-order valence-corrected chi connectivity index (χ2v) is 3.93. The Morgan fingerprint density at radius 3 is 2.15 bits per heavy atom. The second-order valence-electron chi connectivity index (χ2n) is 3.93. The number of nitrogens with one attached hydrogen (secondary N) is 2. The van der Waals surface area contributed by atoms with Crippen LogP contribution in [0.3, 0.4) is 0 Å². The fraction of sp³-hybridized carbons (Fsp3) is 0.500. The molecule has 1 aromatic rings. The molecule has 10 nitrogen and oxygen atoms in total. The molecule has 0 radical (unpaired) electrons. The summed E-state index contributed by atoms with van der Waals surface area (Å²) >= 11 is 0. The van der Waals surface area contributed by atoms with Gasteiger partial charge in [-0.25, -0.2) is 9.59 Å². The fourth-order valence-corrected chi connectivity index (χ4v) is 1.44. The molecule has 2 rings (SSSR count). The van der Waals surface area contributed by atoms with Crippen molar-refractivity contribution < 1.29 is 34.5 Å². The van der Waals surface area contributed by atoms with Crippen LogP contribution in [0.5, 0.6) is 0 Å². The van der Waals surface area contributed by atoms with Crippen LogP contribution in [0.15, 0.2) is 9.32 Å². The molecule has 0 saturated carbocycles. The van der Waals surface area contributed by atoms with Gasteiger partial charge in [0.05, 0.1) is 12.1 Å². The lowest BCUT2D eigenvalue weighted by Crippen LogP contribution is -2.39. The number of carboxylic acids is 2. The minimum atomic E-state index is -2.27. The summed E-state index contributed by atoms with van der Waals surface area (Å²) < 4.78 is 4.89. The van der Waals surface area contributed by atoms with Crippen molar-refractivity contribution in [1.29, 1.82) is 0 Å². The molecular formula is C10H14N2O8. The first-order valence-corrected chi connectivity index (χ1v) is 5.56. The molecule has 0 amide bonds. The number of carbonyl (C=O) groups is 2. The molecule has 2 unspecified atom stereocenters. The van der Waals surface area contributed by atoms with Crippen molar-refractivity contribution in [1.82, 2.24) is 10.5 Å². The summed E-state index contributed by atoms with van der Waals surface area (Å²) in [6.45, 7) is 1.55. The molecule has 0 aromatic carbocycles. The molecule has 0 bridgehead atoms. The first-order chi connectivity index (χ1) is 9.34. The zero-order valence-electron chi connectivity index (χ0n) is 10.2. The Labute approximate surface area is 111 Å². The van der Waals surface area contributed by atoms with E-state index in [0.29, 0.717) is 6.54 Å². The van der Waals surface area contributed by atoms with E-state index in [9.17, 15) is 14.4 Å². The predicted molar refractivity (Wildman–Crippen MR) is 62.0 cm³/mol. The summed E-state index contributed by atoms with van der Waals surface area (Å²) in [6.07, 6.45) is -3.75. The van der Waals surface area contributed by atoms with Crippen molar-refractivity contribution in [3.8, 4) is 0 Å². The molecule has 112 valence electrons. The van der Waals surface area contributed by atoms with E-state index in [2.05, 4.69) is 10.5 Å². The lowest BCUT2D eigenvalue weighted by Gasteiger charge is -2.07. The van der Waals surface area contributed by atoms with E-state index < -0.39 is 24.1 Å². The SMILES string of the molecule is O=C(O)C(O)C(O)C(=O)O.O=c1[nH]oc2c1CCNC2. The van der Waals surface area contributed by atoms with Crippen molar-refractivity contribution in [3.63, 3.8) is 0 Å². The van der Waals surface area contributed by atoms with Gasteiger partial charge in [0.2, 0.25) is 0 Å². The van der Waals surface area contributed by atoms with E-state index in [1.807, 2.05) is 0 Å². The number of rotatable bonds is 3. The van der Waals surface area contributed by atoms with Crippen molar-refractivity contribution >= 4 is 11.9 Å². The smallest absolute Gasteiger partial charge is 0.335 e. The highest BCUT2D eigenvalue weighted by molar-refractivity contribution is 5.83. The largest absolute Gasteiger partial charge is 0.479 e. The van der Waals surface area contributed by atoms with E-state index in [-0.39, 0.29) is 5.56 Å². The van der Waals surface area contributed by atoms with E-state index in [4.69, 9.17) is 24.9 Å². The first-order valence-electron chi connectivity index (χ1n) is 5.56. The molecule has 2 heterocycles. The van der Waals surface area contributed by atoms with E-state index in [1.54, 1.807) is 0 Å². The van der Waals surface area contributed by atoms with E-state index in [1.165, 1.54) is 0 Å². The number of hydrogen-bond donors (Lipinski definition) is 6.